The Kier molecular flexibility index (Phi) is 4.09. The lowest BCUT2D eigenvalue weighted by molar-refractivity contribution is 0.0974. The topological polar surface area (TPSA) is 110 Å². The number of phenolic OH excluding ortho intramolecular Hbond substituents is 2. The van der Waals surface area contributed by atoms with E-state index in [0.29, 0.717) is 13.0 Å². The second-order valence-electron chi connectivity index (χ2n) is 5.68. The van der Waals surface area contributed by atoms with E-state index in [0.717, 1.165) is 0 Å². The average molecular weight is 327 g/mol. The van der Waals surface area contributed by atoms with Crippen molar-refractivity contribution in [3.8, 4) is 11.5 Å². The number of rotatable bonds is 4. The van der Waals surface area contributed by atoms with Crippen LogP contribution in [0.3, 0.4) is 0 Å². The lowest BCUT2D eigenvalue weighted by Crippen LogP contribution is -2.23. The number of carbonyl (C=O) groups excluding carboxylic acids is 2. The van der Waals surface area contributed by atoms with Crippen LogP contribution >= 0.6 is 0 Å². The normalized spacial score (nSPS) is 14.2. The minimum atomic E-state index is -0.638. The van der Waals surface area contributed by atoms with Gasteiger partial charge in [0.15, 0.2) is 11.6 Å². The van der Waals surface area contributed by atoms with Gasteiger partial charge in [-0.2, -0.15) is 0 Å². The number of hydrogen-bond acceptors (Lipinski definition) is 6. The molecule has 1 unspecified atom stereocenters. The average Bonchev–Trinajstić information content (AvgIpc) is 2.59. The maximum atomic E-state index is 12.7. The van der Waals surface area contributed by atoms with Gasteiger partial charge in [0.05, 0.1) is 11.1 Å². The maximum Gasteiger partial charge on any atom is 0.198 e. The highest BCUT2D eigenvalue weighted by Crippen LogP contribution is 2.41. The van der Waals surface area contributed by atoms with Crippen molar-refractivity contribution in [2.75, 3.05) is 13.7 Å². The van der Waals surface area contributed by atoms with Crippen molar-refractivity contribution in [2.24, 2.45) is 5.73 Å². The molecular formula is C18H17NO5. The molecule has 0 radical (unpaired) electrons. The molecule has 0 saturated heterocycles. The number of ether oxygens (including phenoxy) is 1. The molecular weight excluding hydrogens is 310 g/mol. The minimum Gasteiger partial charge on any atom is -0.507 e. The number of hydrogen-bond donors (Lipinski definition) is 3. The zero-order valence-corrected chi connectivity index (χ0v) is 13.1. The van der Waals surface area contributed by atoms with Crippen LogP contribution in [0.5, 0.6) is 11.5 Å². The fourth-order valence-electron chi connectivity index (χ4n) is 2.96. The number of carbonyl (C=O) groups is 2. The molecule has 0 aromatic heterocycles. The van der Waals surface area contributed by atoms with Crippen molar-refractivity contribution in [3.05, 3.63) is 58.1 Å². The standard InChI is InChI=1S/C18H17NO5/c1-24-7-6-12(19)11-8-13(20)14-15(18(11)23)17(22)10-5-3-2-4-9(10)16(14)21/h2-5,8,12,20,23H,6-7,19H2,1H3. The predicted octanol–water partition coefficient (Wildman–Crippen LogP) is 1.91. The Labute approximate surface area is 138 Å². The molecule has 4 N–H and O–H groups in total. The molecule has 124 valence electrons. The van der Waals surface area contributed by atoms with E-state index in [1.807, 2.05) is 0 Å². The fourth-order valence-corrected chi connectivity index (χ4v) is 2.96. The Morgan fingerprint density at radius 2 is 1.67 bits per heavy atom. The van der Waals surface area contributed by atoms with Gasteiger partial charge in [-0.15, -0.1) is 0 Å². The van der Waals surface area contributed by atoms with Crippen LogP contribution in [0.2, 0.25) is 0 Å². The summed E-state index contributed by atoms with van der Waals surface area (Å²) in [6, 6.07) is 6.93. The van der Waals surface area contributed by atoms with E-state index >= 15 is 0 Å². The quantitative estimate of drug-likeness (QED) is 0.631. The summed E-state index contributed by atoms with van der Waals surface area (Å²) in [5.74, 6) is -1.73. The molecule has 2 aromatic rings. The van der Waals surface area contributed by atoms with E-state index in [4.69, 9.17) is 10.5 Å². The molecule has 6 heteroatoms. The summed E-state index contributed by atoms with van der Waals surface area (Å²) in [6.45, 7) is 0.355. The SMILES string of the molecule is COCCC(N)c1cc(O)c2c(c1O)C(=O)c1ccccc1C2=O. The molecule has 3 rings (SSSR count). The molecule has 0 bridgehead atoms. The zero-order valence-electron chi connectivity index (χ0n) is 13.1. The highest BCUT2D eigenvalue weighted by atomic mass is 16.5. The van der Waals surface area contributed by atoms with Gasteiger partial charge in [-0.1, -0.05) is 24.3 Å². The third kappa shape index (κ3) is 2.36. The van der Waals surface area contributed by atoms with E-state index < -0.39 is 17.6 Å². The molecule has 0 amide bonds. The van der Waals surface area contributed by atoms with E-state index in [1.54, 1.807) is 12.1 Å². The van der Waals surface area contributed by atoms with Crippen LogP contribution in [-0.4, -0.2) is 35.5 Å². The number of fused-ring (bicyclic) bond motifs is 2. The van der Waals surface area contributed by atoms with Gasteiger partial charge in [-0.25, -0.2) is 0 Å². The fraction of sp³-hybridized carbons (Fsp3) is 0.222. The molecule has 1 aliphatic carbocycles. The molecule has 24 heavy (non-hydrogen) atoms. The predicted molar refractivity (Wildman–Crippen MR) is 86.5 cm³/mol. The van der Waals surface area contributed by atoms with Crippen LogP contribution in [0.4, 0.5) is 0 Å². The van der Waals surface area contributed by atoms with Gasteiger partial charge in [0, 0.05) is 36.4 Å². The monoisotopic (exact) mass is 327 g/mol. The van der Waals surface area contributed by atoms with Crippen LogP contribution in [0, 0.1) is 0 Å². The number of methoxy groups -OCH3 is 1. The summed E-state index contributed by atoms with van der Waals surface area (Å²) in [4.78, 5) is 25.3. The number of benzene rings is 2. The Morgan fingerprint density at radius 1 is 1.08 bits per heavy atom. The largest absolute Gasteiger partial charge is 0.507 e. The van der Waals surface area contributed by atoms with E-state index in [9.17, 15) is 19.8 Å². The summed E-state index contributed by atoms with van der Waals surface area (Å²) in [5.41, 5.74) is 6.26. The second-order valence-corrected chi connectivity index (χ2v) is 5.68. The minimum absolute atomic E-state index is 0.182. The number of ketones is 2. The lowest BCUT2D eigenvalue weighted by atomic mass is 9.81. The number of nitrogens with two attached hydrogens (primary N) is 1. The number of phenols is 2. The van der Waals surface area contributed by atoms with Gasteiger partial charge in [-0.3, -0.25) is 9.59 Å². The van der Waals surface area contributed by atoms with Crippen LogP contribution in [0.25, 0.3) is 0 Å². The second kappa shape index (κ2) is 6.07. The van der Waals surface area contributed by atoms with Crippen molar-refractivity contribution < 1.29 is 24.5 Å². The first-order chi connectivity index (χ1) is 11.5. The Hall–Kier alpha value is -2.70. The van der Waals surface area contributed by atoms with Crippen molar-refractivity contribution in [1.82, 2.24) is 0 Å². The smallest absolute Gasteiger partial charge is 0.198 e. The zero-order chi connectivity index (χ0) is 17.4. The van der Waals surface area contributed by atoms with Crippen LogP contribution in [-0.2, 0) is 4.74 Å². The molecule has 0 spiro atoms. The first-order valence-electron chi connectivity index (χ1n) is 7.49. The molecule has 0 heterocycles. The molecule has 2 aromatic carbocycles. The first kappa shape index (κ1) is 16.2. The Bertz CT molecular complexity index is 844. The highest BCUT2D eigenvalue weighted by Gasteiger charge is 2.36. The highest BCUT2D eigenvalue weighted by molar-refractivity contribution is 6.30. The molecule has 1 aliphatic rings. The Morgan fingerprint density at radius 3 is 2.25 bits per heavy atom. The van der Waals surface area contributed by atoms with Gasteiger partial charge in [-0.05, 0) is 12.5 Å². The van der Waals surface area contributed by atoms with Crippen molar-refractivity contribution >= 4 is 11.6 Å². The van der Waals surface area contributed by atoms with Crippen LogP contribution in [0.15, 0.2) is 30.3 Å². The van der Waals surface area contributed by atoms with Gasteiger partial charge >= 0.3 is 0 Å². The Balaban J connectivity index is 2.19. The summed E-state index contributed by atoms with van der Waals surface area (Å²) in [5, 5.41) is 20.8. The van der Waals surface area contributed by atoms with Gasteiger partial charge in [0.25, 0.3) is 0 Å². The van der Waals surface area contributed by atoms with Crippen molar-refractivity contribution in [1.29, 1.82) is 0 Å². The molecule has 0 fully saturated rings. The van der Waals surface area contributed by atoms with Crippen LogP contribution < -0.4 is 5.73 Å². The summed E-state index contributed by atoms with van der Waals surface area (Å²) < 4.78 is 4.96. The van der Waals surface area contributed by atoms with Crippen LogP contribution in [0.1, 0.15) is 49.9 Å². The molecule has 6 nitrogen and oxygen atoms in total. The van der Waals surface area contributed by atoms with E-state index in [1.165, 1.54) is 25.3 Å². The first-order valence-corrected chi connectivity index (χ1v) is 7.49. The molecule has 0 saturated carbocycles. The third-order valence-electron chi connectivity index (χ3n) is 4.21. The molecule has 1 atom stereocenters. The summed E-state index contributed by atoms with van der Waals surface area (Å²) in [6.07, 6.45) is 0.390. The van der Waals surface area contributed by atoms with Gasteiger partial charge in [0.2, 0.25) is 0 Å². The van der Waals surface area contributed by atoms with Crippen molar-refractivity contribution in [3.63, 3.8) is 0 Å². The molecule has 0 aliphatic heterocycles. The summed E-state index contributed by atoms with van der Waals surface area (Å²) in [7, 11) is 1.52. The maximum absolute atomic E-state index is 12.7. The summed E-state index contributed by atoms with van der Waals surface area (Å²) >= 11 is 0. The lowest BCUT2D eigenvalue weighted by Gasteiger charge is -2.22. The third-order valence-corrected chi connectivity index (χ3v) is 4.21. The van der Waals surface area contributed by atoms with Gasteiger partial charge in [0.1, 0.15) is 11.5 Å². The van der Waals surface area contributed by atoms with Gasteiger partial charge < -0.3 is 20.7 Å². The number of aromatic hydroxyl groups is 2. The van der Waals surface area contributed by atoms with Crippen molar-refractivity contribution in [2.45, 2.75) is 12.5 Å². The van der Waals surface area contributed by atoms with E-state index in [-0.39, 0.29) is 39.3 Å². The van der Waals surface area contributed by atoms with E-state index in [2.05, 4.69) is 0 Å².